The van der Waals surface area contributed by atoms with Gasteiger partial charge in [0.05, 0.1) is 16.7 Å². The summed E-state index contributed by atoms with van der Waals surface area (Å²) in [7, 11) is 1.97. The summed E-state index contributed by atoms with van der Waals surface area (Å²) in [5.74, 6) is 0.830. The maximum atomic E-state index is 6.11. The molecule has 3 nitrogen and oxygen atoms in total. The number of hydrogen-bond acceptors (Lipinski definition) is 2. The van der Waals surface area contributed by atoms with Gasteiger partial charge in [0.15, 0.2) is 0 Å². The molecule has 5 heteroatoms. The molecule has 19 heavy (non-hydrogen) atoms. The summed E-state index contributed by atoms with van der Waals surface area (Å²) in [6.45, 7) is 0. The number of benzene rings is 2. The molecule has 0 atom stereocenters. The van der Waals surface area contributed by atoms with E-state index in [1.165, 1.54) is 0 Å². The Balaban J connectivity index is 2.31. The van der Waals surface area contributed by atoms with Crippen LogP contribution < -0.4 is 5.73 Å². The van der Waals surface area contributed by atoms with Crippen molar-refractivity contribution in [2.75, 3.05) is 5.73 Å². The molecule has 0 saturated carbocycles. The lowest BCUT2D eigenvalue weighted by Crippen LogP contribution is -1.97. The average Bonchev–Trinajstić information content (AvgIpc) is 2.69. The highest BCUT2D eigenvalue weighted by Crippen LogP contribution is 2.33. The Morgan fingerprint density at radius 2 is 2.05 bits per heavy atom. The normalized spacial score (nSPS) is 11.1. The van der Waals surface area contributed by atoms with E-state index in [9.17, 15) is 0 Å². The van der Waals surface area contributed by atoms with E-state index in [1.807, 2.05) is 48.0 Å². The zero-order valence-corrected chi connectivity index (χ0v) is 12.5. The van der Waals surface area contributed by atoms with Crippen LogP contribution in [0.15, 0.2) is 40.9 Å². The zero-order chi connectivity index (χ0) is 13.6. The Morgan fingerprint density at radius 3 is 2.84 bits per heavy atom. The van der Waals surface area contributed by atoms with Crippen molar-refractivity contribution in [2.45, 2.75) is 0 Å². The van der Waals surface area contributed by atoms with Crippen LogP contribution in [0.1, 0.15) is 0 Å². The highest BCUT2D eigenvalue weighted by atomic mass is 79.9. The maximum Gasteiger partial charge on any atom is 0.142 e. The minimum Gasteiger partial charge on any atom is -0.397 e. The van der Waals surface area contributed by atoms with Crippen LogP contribution in [-0.2, 0) is 7.05 Å². The van der Waals surface area contributed by atoms with Crippen LogP contribution in [0.3, 0.4) is 0 Å². The fraction of sp³-hybridized carbons (Fsp3) is 0.0714. The predicted octanol–water partition coefficient (Wildman–Crippen LogP) is 4.24. The highest BCUT2D eigenvalue weighted by Gasteiger charge is 2.13. The first-order chi connectivity index (χ1) is 9.08. The molecule has 96 valence electrons. The monoisotopic (exact) mass is 335 g/mol. The molecule has 0 radical (unpaired) electrons. The molecular weight excluding hydrogens is 326 g/mol. The van der Waals surface area contributed by atoms with Crippen LogP contribution in [0.25, 0.3) is 22.4 Å². The van der Waals surface area contributed by atoms with Gasteiger partial charge in [-0.1, -0.05) is 17.7 Å². The smallest absolute Gasteiger partial charge is 0.142 e. The lowest BCUT2D eigenvalue weighted by molar-refractivity contribution is 0.960. The van der Waals surface area contributed by atoms with Gasteiger partial charge in [0.2, 0.25) is 0 Å². The van der Waals surface area contributed by atoms with E-state index in [2.05, 4.69) is 20.9 Å². The van der Waals surface area contributed by atoms with E-state index >= 15 is 0 Å². The minimum atomic E-state index is 0.680. The van der Waals surface area contributed by atoms with Gasteiger partial charge in [-0.15, -0.1) is 0 Å². The number of rotatable bonds is 1. The molecule has 2 aromatic carbocycles. The van der Waals surface area contributed by atoms with Crippen LogP contribution in [0, 0.1) is 0 Å². The van der Waals surface area contributed by atoms with E-state index in [-0.39, 0.29) is 0 Å². The van der Waals surface area contributed by atoms with Gasteiger partial charge in [-0.25, -0.2) is 4.98 Å². The largest absolute Gasteiger partial charge is 0.397 e. The predicted molar refractivity (Wildman–Crippen MR) is 83.3 cm³/mol. The average molecular weight is 337 g/mol. The summed E-state index contributed by atoms with van der Waals surface area (Å²) < 4.78 is 2.89. The van der Waals surface area contributed by atoms with E-state index in [0.29, 0.717) is 10.7 Å². The summed E-state index contributed by atoms with van der Waals surface area (Å²) in [4.78, 5) is 4.62. The molecule has 0 aliphatic rings. The van der Waals surface area contributed by atoms with Crippen molar-refractivity contribution in [2.24, 2.45) is 7.05 Å². The van der Waals surface area contributed by atoms with Crippen molar-refractivity contribution in [1.82, 2.24) is 9.55 Å². The number of fused-ring (bicyclic) bond motifs is 1. The summed E-state index contributed by atoms with van der Waals surface area (Å²) >= 11 is 9.44. The van der Waals surface area contributed by atoms with Gasteiger partial charge >= 0.3 is 0 Å². The van der Waals surface area contributed by atoms with Gasteiger partial charge < -0.3 is 10.3 Å². The molecule has 0 aliphatic heterocycles. The third kappa shape index (κ3) is 2.01. The molecule has 0 fully saturated rings. The van der Waals surface area contributed by atoms with Gasteiger partial charge in [-0.3, -0.25) is 0 Å². The van der Waals surface area contributed by atoms with Crippen molar-refractivity contribution in [3.8, 4) is 11.4 Å². The Kier molecular flexibility index (Phi) is 2.99. The first kappa shape index (κ1) is 12.5. The number of imidazole rings is 1. The fourth-order valence-corrected chi connectivity index (χ4v) is 2.68. The molecule has 1 aromatic heterocycles. The zero-order valence-electron chi connectivity index (χ0n) is 10.2. The van der Waals surface area contributed by atoms with E-state index < -0.39 is 0 Å². The molecule has 0 saturated heterocycles. The van der Waals surface area contributed by atoms with Gasteiger partial charge in [0.1, 0.15) is 5.82 Å². The fourth-order valence-electron chi connectivity index (χ4n) is 2.15. The molecule has 2 N–H and O–H groups in total. The second kappa shape index (κ2) is 4.54. The highest BCUT2D eigenvalue weighted by molar-refractivity contribution is 9.10. The first-order valence-corrected chi connectivity index (χ1v) is 6.91. The quantitative estimate of drug-likeness (QED) is 0.676. The maximum absolute atomic E-state index is 6.11. The second-order valence-corrected chi connectivity index (χ2v) is 5.62. The van der Waals surface area contributed by atoms with Crippen molar-refractivity contribution < 1.29 is 0 Å². The summed E-state index contributed by atoms with van der Waals surface area (Å²) in [5.41, 5.74) is 9.59. The number of nitrogens with two attached hydrogens (primary N) is 1. The van der Waals surface area contributed by atoms with Gasteiger partial charge in [0.25, 0.3) is 0 Å². The number of aryl methyl sites for hydroxylation is 1. The molecule has 3 aromatic rings. The Morgan fingerprint density at radius 1 is 1.26 bits per heavy atom. The Hall–Kier alpha value is -1.52. The van der Waals surface area contributed by atoms with Gasteiger partial charge in [-0.05, 0) is 46.3 Å². The number of halogens is 2. The molecule has 0 aliphatic carbocycles. The summed E-state index contributed by atoms with van der Waals surface area (Å²) in [6.07, 6.45) is 0. The molecule has 0 spiro atoms. The van der Waals surface area contributed by atoms with Gasteiger partial charge in [0, 0.05) is 22.1 Å². The number of para-hydroxylation sites is 1. The van der Waals surface area contributed by atoms with Crippen LogP contribution in [-0.4, -0.2) is 9.55 Å². The first-order valence-electron chi connectivity index (χ1n) is 5.74. The van der Waals surface area contributed by atoms with Gasteiger partial charge in [-0.2, -0.15) is 0 Å². The third-order valence-corrected chi connectivity index (χ3v) is 4.06. The molecule has 0 unspecified atom stereocenters. The standard InChI is InChI=1S/C14H11BrClN3/c1-19-12-6-5-8(16)7-11(12)18-14(19)9-3-2-4-10(15)13(9)17/h2-7H,17H2,1H3. The van der Waals surface area contributed by atoms with E-state index in [4.69, 9.17) is 17.3 Å². The van der Waals surface area contributed by atoms with Crippen molar-refractivity contribution in [3.63, 3.8) is 0 Å². The molecule has 0 bridgehead atoms. The molecule has 0 amide bonds. The molecule has 1 heterocycles. The molecule has 3 rings (SSSR count). The molecular formula is C14H11BrClN3. The van der Waals surface area contributed by atoms with E-state index in [1.54, 1.807) is 0 Å². The number of anilines is 1. The van der Waals surface area contributed by atoms with Crippen molar-refractivity contribution >= 4 is 44.3 Å². The summed E-state index contributed by atoms with van der Waals surface area (Å²) in [6, 6.07) is 11.5. The summed E-state index contributed by atoms with van der Waals surface area (Å²) in [5, 5.41) is 0.680. The topological polar surface area (TPSA) is 43.8 Å². The Labute approximate surface area is 124 Å². The SMILES string of the molecule is Cn1c(-c2cccc(Br)c2N)nc2cc(Cl)ccc21. The lowest BCUT2D eigenvalue weighted by atomic mass is 10.1. The Bertz CT molecular complexity index is 780. The van der Waals surface area contributed by atoms with Crippen LogP contribution >= 0.6 is 27.5 Å². The number of nitrogens with zero attached hydrogens (tertiary/aromatic N) is 2. The van der Waals surface area contributed by atoms with Crippen LogP contribution in [0.2, 0.25) is 5.02 Å². The number of aromatic nitrogens is 2. The van der Waals surface area contributed by atoms with E-state index in [0.717, 1.165) is 26.9 Å². The lowest BCUT2D eigenvalue weighted by Gasteiger charge is -2.07. The number of nitrogen functional groups attached to an aromatic ring is 1. The number of hydrogen-bond donors (Lipinski definition) is 1. The van der Waals surface area contributed by atoms with Crippen LogP contribution in [0.4, 0.5) is 5.69 Å². The van der Waals surface area contributed by atoms with Crippen molar-refractivity contribution in [3.05, 3.63) is 45.9 Å². The van der Waals surface area contributed by atoms with Crippen molar-refractivity contribution in [1.29, 1.82) is 0 Å². The second-order valence-electron chi connectivity index (χ2n) is 4.33. The van der Waals surface area contributed by atoms with Crippen LogP contribution in [0.5, 0.6) is 0 Å². The third-order valence-electron chi connectivity index (χ3n) is 3.14. The minimum absolute atomic E-state index is 0.680.